The third-order valence-electron chi connectivity index (χ3n) is 2.49. The molecule has 2 aromatic heterocycles. The van der Waals surface area contributed by atoms with Crippen molar-refractivity contribution in [2.24, 2.45) is 0 Å². The standard InChI is InChI=1S/C12H10BrN3OS/c13-10-5-4-7(18-10)6-15-12-16-11-8(14)2-1-3-9(11)17-12/h1-5H,6,14H2,(H,15,16). The molecule has 2 heterocycles. The summed E-state index contributed by atoms with van der Waals surface area (Å²) < 4.78 is 6.68. The van der Waals surface area contributed by atoms with Gasteiger partial charge < -0.3 is 15.5 Å². The quantitative estimate of drug-likeness (QED) is 0.718. The van der Waals surface area contributed by atoms with Crippen molar-refractivity contribution in [1.82, 2.24) is 4.98 Å². The number of hydrogen-bond acceptors (Lipinski definition) is 5. The maximum Gasteiger partial charge on any atom is 0.296 e. The summed E-state index contributed by atoms with van der Waals surface area (Å²) in [5.41, 5.74) is 7.85. The van der Waals surface area contributed by atoms with Gasteiger partial charge in [-0.2, -0.15) is 4.98 Å². The first-order valence-electron chi connectivity index (χ1n) is 5.35. The van der Waals surface area contributed by atoms with E-state index < -0.39 is 0 Å². The Balaban J connectivity index is 1.81. The molecule has 0 aliphatic rings. The second-order valence-electron chi connectivity index (χ2n) is 3.77. The number of thiophene rings is 1. The average molecular weight is 324 g/mol. The van der Waals surface area contributed by atoms with E-state index >= 15 is 0 Å². The molecule has 0 amide bonds. The van der Waals surface area contributed by atoms with E-state index in [0.29, 0.717) is 29.3 Å². The number of nitrogen functional groups attached to an aromatic ring is 1. The van der Waals surface area contributed by atoms with Crippen LogP contribution >= 0.6 is 27.3 Å². The lowest BCUT2D eigenvalue weighted by Crippen LogP contribution is -1.97. The van der Waals surface area contributed by atoms with E-state index in [4.69, 9.17) is 10.2 Å². The van der Waals surface area contributed by atoms with Crippen molar-refractivity contribution < 1.29 is 4.42 Å². The molecule has 92 valence electrons. The molecule has 0 saturated carbocycles. The predicted octanol–water partition coefficient (Wildman–Crippen LogP) is 3.85. The van der Waals surface area contributed by atoms with Crippen LogP contribution in [-0.2, 0) is 6.54 Å². The van der Waals surface area contributed by atoms with Crippen molar-refractivity contribution in [2.45, 2.75) is 6.54 Å². The Bertz CT molecular complexity index is 692. The summed E-state index contributed by atoms with van der Waals surface area (Å²) in [5, 5.41) is 3.15. The summed E-state index contributed by atoms with van der Waals surface area (Å²) in [6.07, 6.45) is 0. The molecule has 0 atom stereocenters. The van der Waals surface area contributed by atoms with Crippen LogP contribution in [-0.4, -0.2) is 4.98 Å². The molecule has 1 aromatic carbocycles. The van der Waals surface area contributed by atoms with Crippen LogP contribution in [0.3, 0.4) is 0 Å². The van der Waals surface area contributed by atoms with Crippen molar-refractivity contribution >= 4 is 50.1 Å². The van der Waals surface area contributed by atoms with Gasteiger partial charge in [-0.25, -0.2) is 0 Å². The number of nitrogens with two attached hydrogens (primary N) is 1. The molecule has 18 heavy (non-hydrogen) atoms. The molecule has 0 aliphatic carbocycles. The van der Waals surface area contributed by atoms with E-state index in [1.54, 1.807) is 11.3 Å². The van der Waals surface area contributed by atoms with Gasteiger partial charge in [0.1, 0.15) is 5.52 Å². The van der Waals surface area contributed by atoms with E-state index in [-0.39, 0.29) is 0 Å². The highest BCUT2D eigenvalue weighted by Gasteiger charge is 2.07. The maximum atomic E-state index is 5.83. The number of oxazole rings is 1. The Morgan fingerprint density at radius 3 is 2.94 bits per heavy atom. The molecule has 0 saturated heterocycles. The number of aromatic nitrogens is 1. The summed E-state index contributed by atoms with van der Waals surface area (Å²) in [7, 11) is 0. The summed E-state index contributed by atoms with van der Waals surface area (Å²) >= 11 is 5.11. The lowest BCUT2D eigenvalue weighted by molar-refractivity contribution is 0.615. The number of halogens is 1. The minimum absolute atomic E-state index is 0.493. The second kappa shape index (κ2) is 4.62. The van der Waals surface area contributed by atoms with Crippen LogP contribution in [0.2, 0.25) is 0 Å². The minimum atomic E-state index is 0.493. The Labute approximate surface area is 116 Å². The molecule has 0 fully saturated rings. The third-order valence-corrected chi connectivity index (χ3v) is 4.12. The monoisotopic (exact) mass is 323 g/mol. The first-order valence-corrected chi connectivity index (χ1v) is 6.96. The van der Waals surface area contributed by atoms with E-state index in [1.165, 1.54) is 4.88 Å². The maximum absolute atomic E-state index is 5.83. The molecule has 3 aromatic rings. The Hall–Kier alpha value is -1.53. The molecule has 0 radical (unpaired) electrons. The van der Waals surface area contributed by atoms with E-state index in [9.17, 15) is 0 Å². The Kier molecular flexibility index (Phi) is 2.97. The van der Waals surface area contributed by atoms with Crippen LogP contribution in [0.15, 0.2) is 38.5 Å². The molecule has 3 N–H and O–H groups in total. The predicted molar refractivity (Wildman–Crippen MR) is 77.8 cm³/mol. The van der Waals surface area contributed by atoms with E-state index in [2.05, 4.69) is 32.3 Å². The first-order chi connectivity index (χ1) is 8.72. The van der Waals surface area contributed by atoms with Crippen LogP contribution in [0.25, 0.3) is 11.1 Å². The topological polar surface area (TPSA) is 64.1 Å². The number of benzene rings is 1. The highest BCUT2D eigenvalue weighted by molar-refractivity contribution is 9.11. The van der Waals surface area contributed by atoms with Crippen LogP contribution in [0, 0.1) is 0 Å². The summed E-state index contributed by atoms with van der Waals surface area (Å²) in [5.74, 6) is 0. The SMILES string of the molecule is Nc1cccc2oc(NCc3ccc(Br)s3)nc12. The van der Waals surface area contributed by atoms with E-state index in [1.807, 2.05) is 24.3 Å². The molecule has 0 spiro atoms. The van der Waals surface area contributed by atoms with Crippen LogP contribution in [0.5, 0.6) is 0 Å². The van der Waals surface area contributed by atoms with Gasteiger partial charge in [0.2, 0.25) is 0 Å². The molecular weight excluding hydrogens is 314 g/mol. The minimum Gasteiger partial charge on any atom is -0.423 e. The Morgan fingerprint density at radius 1 is 1.33 bits per heavy atom. The van der Waals surface area contributed by atoms with Gasteiger partial charge >= 0.3 is 0 Å². The molecule has 0 aliphatic heterocycles. The van der Waals surface area contributed by atoms with Gasteiger partial charge in [0.05, 0.1) is 16.0 Å². The number of fused-ring (bicyclic) bond motifs is 1. The number of nitrogens with zero attached hydrogens (tertiary/aromatic N) is 1. The number of anilines is 2. The second-order valence-corrected chi connectivity index (χ2v) is 6.32. The molecule has 4 nitrogen and oxygen atoms in total. The Morgan fingerprint density at radius 2 is 2.22 bits per heavy atom. The zero-order valence-electron chi connectivity index (χ0n) is 9.31. The third kappa shape index (κ3) is 2.21. The average Bonchev–Trinajstić information content (AvgIpc) is 2.93. The van der Waals surface area contributed by atoms with Crippen LogP contribution < -0.4 is 11.1 Å². The number of rotatable bonds is 3. The van der Waals surface area contributed by atoms with Gasteiger partial charge in [-0.05, 0) is 40.2 Å². The molecule has 3 rings (SSSR count). The molecule has 6 heteroatoms. The number of para-hydroxylation sites is 1. The summed E-state index contributed by atoms with van der Waals surface area (Å²) in [4.78, 5) is 5.53. The molecular formula is C12H10BrN3OS. The van der Waals surface area contributed by atoms with Crippen molar-refractivity contribution in [3.05, 3.63) is 39.0 Å². The van der Waals surface area contributed by atoms with Crippen molar-refractivity contribution in [1.29, 1.82) is 0 Å². The van der Waals surface area contributed by atoms with Crippen molar-refractivity contribution in [2.75, 3.05) is 11.1 Å². The number of nitrogens with one attached hydrogen (secondary N) is 1. The van der Waals surface area contributed by atoms with Gasteiger partial charge in [-0.1, -0.05) is 6.07 Å². The summed E-state index contributed by atoms with van der Waals surface area (Å²) in [6, 6.07) is 10.1. The first kappa shape index (κ1) is 11.6. The van der Waals surface area contributed by atoms with Gasteiger partial charge in [0, 0.05) is 4.88 Å². The highest BCUT2D eigenvalue weighted by atomic mass is 79.9. The lowest BCUT2D eigenvalue weighted by Gasteiger charge is -1.97. The van der Waals surface area contributed by atoms with Crippen LogP contribution in [0.1, 0.15) is 4.88 Å². The normalized spacial score (nSPS) is 10.9. The number of hydrogen-bond donors (Lipinski definition) is 2. The van der Waals surface area contributed by atoms with Crippen LogP contribution in [0.4, 0.5) is 11.7 Å². The lowest BCUT2D eigenvalue weighted by atomic mass is 10.3. The zero-order chi connectivity index (χ0) is 12.5. The fourth-order valence-electron chi connectivity index (χ4n) is 1.65. The van der Waals surface area contributed by atoms with Gasteiger partial charge in [0.15, 0.2) is 5.58 Å². The highest BCUT2D eigenvalue weighted by Crippen LogP contribution is 2.25. The van der Waals surface area contributed by atoms with Gasteiger partial charge in [-0.3, -0.25) is 0 Å². The molecule has 0 unspecified atom stereocenters. The smallest absolute Gasteiger partial charge is 0.296 e. The van der Waals surface area contributed by atoms with Gasteiger partial charge in [-0.15, -0.1) is 11.3 Å². The van der Waals surface area contributed by atoms with Crippen molar-refractivity contribution in [3.63, 3.8) is 0 Å². The summed E-state index contributed by atoms with van der Waals surface area (Å²) in [6.45, 7) is 0.684. The fourth-order valence-corrected chi connectivity index (χ4v) is 3.08. The fraction of sp³-hybridized carbons (Fsp3) is 0.0833. The largest absolute Gasteiger partial charge is 0.423 e. The van der Waals surface area contributed by atoms with Gasteiger partial charge in [0.25, 0.3) is 6.01 Å². The van der Waals surface area contributed by atoms with E-state index in [0.717, 1.165) is 3.79 Å². The zero-order valence-corrected chi connectivity index (χ0v) is 11.7. The molecule has 0 bridgehead atoms. The van der Waals surface area contributed by atoms with Crippen molar-refractivity contribution in [3.8, 4) is 0 Å².